The van der Waals surface area contributed by atoms with Gasteiger partial charge in [0, 0.05) is 18.0 Å². The molecule has 5 nitrogen and oxygen atoms in total. The van der Waals surface area contributed by atoms with E-state index in [1.807, 2.05) is 24.5 Å². The summed E-state index contributed by atoms with van der Waals surface area (Å²) in [5.74, 6) is 1.17. The van der Waals surface area contributed by atoms with Crippen molar-refractivity contribution in [2.24, 2.45) is 0 Å². The molecule has 0 unspecified atom stereocenters. The molecule has 1 aromatic heterocycles. The monoisotopic (exact) mass is 357 g/mol. The number of ether oxygens (including phenoxy) is 1. The van der Waals surface area contributed by atoms with E-state index in [0.29, 0.717) is 12.2 Å². The van der Waals surface area contributed by atoms with E-state index in [1.54, 1.807) is 37.0 Å². The van der Waals surface area contributed by atoms with E-state index in [2.05, 4.69) is 5.32 Å². The van der Waals surface area contributed by atoms with Crippen molar-refractivity contribution in [3.05, 3.63) is 42.0 Å². The molecule has 0 bridgehead atoms. The second-order valence-electron chi connectivity index (χ2n) is 5.53. The first-order valence-corrected chi connectivity index (χ1v) is 8.97. The van der Waals surface area contributed by atoms with Crippen molar-refractivity contribution in [2.75, 3.05) is 20.4 Å². The van der Waals surface area contributed by atoms with Crippen molar-refractivity contribution >= 4 is 28.6 Å². The van der Waals surface area contributed by atoms with Gasteiger partial charge in [0.2, 0.25) is 5.91 Å². The van der Waals surface area contributed by atoms with Gasteiger partial charge < -0.3 is 19.6 Å². The average molecular weight is 357 g/mol. The molecule has 0 radical (unpaired) electrons. The molecule has 0 spiro atoms. The molecule has 2 N–H and O–H groups in total. The lowest BCUT2D eigenvalue weighted by Gasteiger charge is -2.06. The van der Waals surface area contributed by atoms with E-state index < -0.39 is 0 Å². The number of phenolic OH excluding ortho intramolecular Hbond substituents is 1. The Kier molecular flexibility index (Phi) is 4.90. The van der Waals surface area contributed by atoms with Gasteiger partial charge in [0.1, 0.15) is 11.3 Å². The number of rotatable bonds is 5. The van der Waals surface area contributed by atoms with Crippen molar-refractivity contribution in [1.82, 2.24) is 5.32 Å². The minimum absolute atomic E-state index is 0.0305. The van der Waals surface area contributed by atoms with E-state index in [1.165, 1.54) is 7.11 Å². The molecule has 0 aliphatic rings. The molecule has 3 rings (SSSR count). The molecule has 0 atom stereocenters. The van der Waals surface area contributed by atoms with E-state index in [4.69, 9.17) is 9.15 Å². The van der Waals surface area contributed by atoms with Crippen LogP contribution >= 0.6 is 11.8 Å². The van der Waals surface area contributed by atoms with E-state index in [-0.39, 0.29) is 11.7 Å². The molecule has 1 heterocycles. The number of methoxy groups -OCH3 is 1. The fraction of sp³-hybridized carbons (Fsp3) is 0.211. The summed E-state index contributed by atoms with van der Waals surface area (Å²) in [6.45, 7) is 0. The smallest absolute Gasteiger partial charge is 0.224 e. The highest BCUT2D eigenvalue weighted by Gasteiger charge is 2.17. The summed E-state index contributed by atoms with van der Waals surface area (Å²) in [6.07, 6.45) is 2.31. The van der Waals surface area contributed by atoms with Crippen LogP contribution in [0.2, 0.25) is 0 Å². The molecule has 25 heavy (non-hydrogen) atoms. The zero-order valence-corrected chi connectivity index (χ0v) is 15.1. The quantitative estimate of drug-likeness (QED) is 0.679. The van der Waals surface area contributed by atoms with Crippen molar-refractivity contribution in [1.29, 1.82) is 0 Å². The van der Waals surface area contributed by atoms with Crippen LogP contribution in [0.5, 0.6) is 11.5 Å². The Morgan fingerprint density at radius 3 is 2.76 bits per heavy atom. The van der Waals surface area contributed by atoms with Crippen LogP contribution in [0.3, 0.4) is 0 Å². The Balaban J connectivity index is 2.11. The third-order valence-corrected chi connectivity index (χ3v) is 4.81. The molecular formula is C19H19NO4S. The summed E-state index contributed by atoms with van der Waals surface area (Å²) in [5.41, 5.74) is 2.51. The molecule has 130 valence electrons. The molecule has 0 aliphatic heterocycles. The van der Waals surface area contributed by atoms with E-state index >= 15 is 0 Å². The highest BCUT2D eigenvalue weighted by atomic mass is 32.2. The third kappa shape index (κ3) is 3.30. The maximum atomic E-state index is 11.6. The van der Waals surface area contributed by atoms with Crippen molar-refractivity contribution in [3.8, 4) is 22.8 Å². The van der Waals surface area contributed by atoms with Crippen molar-refractivity contribution in [2.45, 2.75) is 11.3 Å². The van der Waals surface area contributed by atoms with Crippen LogP contribution in [0.25, 0.3) is 22.3 Å². The highest BCUT2D eigenvalue weighted by molar-refractivity contribution is 7.99. The predicted octanol–water partition coefficient (Wildman–Crippen LogP) is 3.82. The number of hydrogen-bond acceptors (Lipinski definition) is 5. The van der Waals surface area contributed by atoms with E-state index in [9.17, 15) is 9.90 Å². The molecule has 1 amide bonds. The van der Waals surface area contributed by atoms with Gasteiger partial charge in [0.25, 0.3) is 0 Å². The summed E-state index contributed by atoms with van der Waals surface area (Å²) in [6, 6.07) is 10.9. The largest absolute Gasteiger partial charge is 0.504 e. The fourth-order valence-electron chi connectivity index (χ4n) is 2.72. The summed E-state index contributed by atoms with van der Waals surface area (Å²) in [4.78, 5) is 12.6. The van der Waals surface area contributed by atoms with Gasteiger partial charge in [-0.25, -0.2) is 0 Å². The first-order valence-electron chi connectivity index (χ1n) is 7.74. The standard InChI is InChI=1S/C19H19NO4S/c1-20-17(22)9-11-4-7-15-13(8-11)19(25-3)18(24-15)12-5-6-14(21)16(10-12)23-2/h4-8,10,21H,9H2,1-3H3,(H,20,22). The molecule has 3 aromatic rings. The van der Waals surface area contributed by atoms with Crippen molar-refractivity contribution < 1.29 is 19.1 Å². The number of nitrogens with one attached hydrogen (secondary N) is 1. The molecular weight excluding hydrogens is 338 g/mol. The number of benzene rings is 2. The number of likely N-dealkylation sites (N-methyl/N-ethyl adjacent to an activating group) is 1. The van der Waals surface area contributed by atoms with Gasteiger partial charge in [-0.1, -0.05) is 6.07 Å². The summed E-state index contributed by atoms with van der Waals surface area (Å²) in [5, 5.41) is 13.4. The van der Waals surface area contributed by atoms with Crippen LogP contribution in [0.1, 0.15) is 5.56 Å². The topological polar surface area (TPSA) is 71.7 Å². The zero-order valence-electron chi connectivity index (χ0n) is 14.3. The fourth-order valence-corrected chi connectivity index (χ4v) is 3.44. The van der Waals surface area contributed by atoms with Crippen LogP contribution < -0.4 is 10.1 Å². The Bertz CT molecular complexity index is 933. The van der Waals surface area contributed by atoms with E-state index in [0.717, 1.165) is 32.8 Å². The minimum atomic E-state index is -0.0305. The number of hydrogen-bond donors (Lipinski definition) is 2. The number of fused-ring (bicyclic) bond motifs is 1. The zero-order chi connectivity index (χ0) is 18.0. The second kappa shape index (κ2) is 7.11. The summed E-state index contributed by atoms with van der Waals surface area (Å²) in [7, 11) is 3.14. The Morgan fingerprint density at radius 1 is 1.28 bits per heavy atom. The van der Waals surface area contributed by atoms with Crippen LogP contribution in [-0.2, 0) is 11.2 Å². The lowest BCUT2D eigenvalue weighted by Crippen LogP contribution is -2.19. The summed E-state index contributed by atoms with van der Waals surface area (Å²) < 4.78 is 11.2. The molecule has 0 aliphatic carbocycles. The predicted molar refractivity (Wildman–Crippen MR) is 99.4 cm³/mol. The van der Waals surface area contributed by atoms with Crippen LogP contribution in [0, 0.1) is 0 Å². The second-order valence-corrected chi connectivity index (χ2v) is 6.35. The van der Waals surface area contributed by atoms with Crippen LogP contribution in [0.15, 0.2) is 45.7 Å². The minimum Gasteiger partial charge on any atom is -0.504 e. The normalized spacial score (nSPS) is 10.8. The average Bonchev–Trinajstić information content (AvgIpc) is 2.99. The Hall–Kier alpha value is -2.60. The number of phenols is 1. The van der Waals surface area contributed by atoms with Gasteiger partial charge in [-0.2, -0.15) is 0 Å². The van der Waals surface area contributed by atoms with Crippen LogP contribution in [-0.4, -0.2) is 31.4 Å². The van der Waals surface area contributed by atoms with Gasteiger partial charge in [-0.05, 0) is 42.2 Å². The number of amides is 1. The van der Waals surface area contributed by atoms with Gasteiger partial charge in [-0.15, -0.1) is 11.8 Å². The first kappa shape index (κ1) is 17.2. The van der Waals surface area contributed by atoms with Gasteiger partial charge >= 0.3 is 0 Å². The highest BCUT2D eigenvalue weighted by Crippen LogP contribution is 2.41. The SMILES string of the molecule is CNC(=O)Cc1ccc2oc(-c3ccc(O)c(OC)c3)c(SC)c2c1. The molecule has 0 saturated heterocycles. The molecule has 2 aromatic carbocycles. The van der Waals surface area contributed by atoms with Gasteiger partial charge in [0.15, 0.2) is 11.5 Å². The molecule has 0 saturated carbocycles. The third-order valence-electron chi connectivity index (χ3n) is 4.00. The van der Waals surface area contributed by atoms with Gasteiger partial charge in [-0.3, -0.25) is 4.79 Å². The molecule has 0 fully saturated rings. The number of carbonyl (C=O) groups excluding carboxylic acids is 1. The Labute approximate surface area is 150 Å². The number of furan rings is 1. The van der Waals surface area contributed by atoms with Crippen molar-refractivity contribution in [3.63, 3.8) is 0 Å². The summed E-state index contributed by atoms with van der Waals surface area (Å²) >= 11 is 1.58. The number of aromatic hydroxyl groups is 1. The Morgan fingerprint density at radius 2 is 2.08 bits per heavy atom. The van der Waals surface area contributed by atoms with Gasteiger partial charge in [0.05, 0.1) is 18.4 Å². The first-order chi connectivity index (χ1) is 12.1. The molecule has 6 heteroatoms. The maximum absolute atomic E-state index is 11.6. The number of thioether (sulfide) groups is 1. The lowest BCUT2D eigenvalue weighted by molar-refractivity contribution is -0.119. The number of carbonyl (C=O) groups is 1. The maximum Gasteiger partial charge on any atom is 0.224 e. The van der Waals surface area contributed by atoms with Crippen LogP contribution in [0.4, 0.5) is 0 Å². The lowest BCUT2D eigenvalue weighted by atomic mass is 10.1.